The van der Waals surface area contributed by atoms with Crippen LogP contribution in [0.5, 0.6) is 5.75 Å². The van der Waals surface area contributed by atoms with Gasteiger partial charge in [-0.15, -0.1) is 0 Å². The Balaban J connectivity index is 2.86. The van der Waals surface area contributed by atoms with Crippen LogP contribution in [0.3, 0.4) is 0 Å². The summed E-state index contributed by atoms with van der Waals surface area (Å²) in [6.07, 6.45) is -2.21. The fourth-order valence-corrected chi connectivity index (χ4v) is 3.11. The highest BCUT2D eigenvalue weighted by molar-refractivity contribution is 6.32. The van der Waals surface area contributed by atoms with Gasteiger partial charge in [0.15, 0.2) is 0 Å². The van der Waals surface area contributed by atoms with E-state index >= 15 is 0 Å². The summed E-state index contributed by atoms with van der Waals surface area (Å²) in [5, 5.41) is 10.7. The van der Waals surface area contributed by atoms with E-state index < -0.39 is 35.9 Å². The van der Waals surface area contributed by atoms with Crippen LogP contribution in [-0.4, -0.2) is 30.4 Å². The molecule has 0 fully saturated rings. The third-order valence-corrected chi connectivity index (χ3v) is 4.38. The van der Waals surface area contributed by atoms with Crippen LogP contribution in [0, 0.1) is 11.6 Å². The van der Waals surface area contributed by atoms with E-state index in [0.29, 0.717) is 17.7 Å². The molecule has 0 aliphatic rings. The first kappa shape index (κ1) is 22.0. The molecular formula is C20H20ClF4NO2. The van der Waals surface area contributed by atoms with Crippen LogP contribution in [0.15, 0.2) is 36.4 Å². The molecule has 0 saturated carbocycles. The summed E-state index contributed by atoms with van der Waals surface area (Å²) in [7, 11) is 1.43. The third kappa shape index (κ3) is 4.97. The van der Waals surface area contributed by atoms with Crippen molar-refractivity contribution in [3.63, 3.8) is 0 Å². The van der Waals surface area contributed by atoms with E-state index in [1.807, 2.05) is 0 Å². The quantitative estimate of drug-likeness (QED) is 0.313. The van der Waals surface area contributed by atoms with Crippen molar-refractivity contribution in [2.24, 2.45) is 0 Å². The predicted octanol–water partition coefficient (Wildman–Crippen LogP) is 6.25. The number of hydrogen-bond donors (Lipinski definition) is 1. The van der Waals surface area contributed by atoms with Crippen molar-refractivity contribution in [3.8, 4) is 5.75 Å². The number of benzene rings is 2. The zero-order valence-corrected chi connectivity index (χ0v) is 16.1. The first-order valence-corrected chi connectivity index (χ1v) is 8.93. The molecule has 0 amide bonds. The van der Waals surface area contributed by atoms with Crippen LogP contribution in [0.1, 0.15) is 30.9 Å². The van der Waals surface area contributed by atoms with E-state index in [2.05, 4.69) is 0 Å². The molecule has 8 heteroatoms. The van der Waals surface area contributed by atoms with Crippen LogP contribution in [0.25, 0.3) is 11.3 Å². The highest BCUT2D eigenvalue weighted by Gasteiger charge is 2.26. The Kier molecular flexibility index (Phi) is 7.71. The number of hydrogen-bond acceptors (Lipinski definition) is 3. The molecule has 0 aliphatic heterocycles. The second-order valence-electron chi connectivity index (χ2n) is 5.99. The van der Waals surface area contributed by atoms with Gasteiger partial charge in [0.2, 0.25) is 0 Å². The normalized spacial score (nSPS) is 12.2. The van der Waals surface area contributed by atoms with E-state index in [9.17, 15) is 22.8 Å². The molecule has 0 unspecified atom stereocenters. The summed E-state index contributed by atoms with van der Waals surface area (Å²) in [5.74, 6) is -1.56. The summed E-state index contributed by atoms with van der Waals surface area (Å²) in [6, 6.07) is 7.78. The van der Waals surface area contributed by atoms with E-state index in [1.165, 1.54) is 19.2 Å². The lowest BCUT2D eigenvalue weighted by Crippen LogP contribution is -2.26. The van der Waals surface area contributed by atoms with Crippen molar-refractivity contribution >= 4 is 22.9 Å². The summed E-state index contributed by atoms with van der Waals surface area (Å²) >= 11 is 6.28. The third-order valence-electron chi connectivity index (χ3n) is 4.05. The lowest BCUT2D eigenvalue weighted by atomic mass is 9.94. The second-order valence-corrected chi connectivity index (χ2v) is 6.40. The molecule has 28 heavy (non-hydrogen) atoms. The molecule has 2 aromatic rings. The first-order chi connectivity index (χ1) is 13.3. The van der Waals surface area contributed by atoms with Crippen LogP contribution >= 0.6 is 11.6 Å². The number of hydroxylamine groups is 2. The van der Waals surface area contributed by atoms with Crippen molar-refractivity contribution in [2.75, 3.05) is 13.7 Å². The first-order valence-electron chi connectivity index (χ1n) is 8.56. The van der Waals surface area contributed by atoms with Crippen molar-refractivity contribution in [1.29, 1.82) is 0 Å². The minimum Gasteiger partial charge on any atom is -0.497 e. The largest absolute Gasteiger partial charge is 0.497 e. The zero-order chi connectivity index (χ0) is 20.8. The molecule has 3 nitrogen and oxygen atoms in total. The summed E-state index contributed by atoms with van der Waals surface area (Å²) in [6.45, 7) is 0.677. The maximum absolute atomic E-state index is 14.5. The summed E-state index contributed by atoms with van der Waals surface area (Å²) in [5.41, 5.74) is -0.451. The summed E-state index contributed by atoms with van der Waals surface area (Å²) < 4.78 is 60.1. The topological polar surface area (TPSA) is 32.7 Å². The van der Waals surface area contributed by atoms with Crippen LogP contribution < -0.4 is 4.74 Å². The molecule has 0 radical (unpaired) electrons. The minimum absolute atomic E-state index is 0.174. The van der Waals surface area contributed by atoms with Gasteiger partial charge >= 0.3 is 0 Å². The molecule has 0 atom stereocenters. The van der Waals surface area contributed by atoms with Crippen molar-refractivity contribution in [2.45, 2.75) is 26.2 Å². The number of alkyl halides is 2. The highest BCUT2D eigenvalue weighted by atomic mass is 35.5. The van der Waals surface area contributed by atoms with E-state index in [4.69, 9.17) is 16.3 Å². The Labute approximate surface area is 165 Å². The second kappa shape index (κ2) is 9.80. The monoisotopic (exact) mass is 417 g/mol. The van der Waals surface area contributed by atoms with Gasteiger partial charge in [0, 0.05) is 10.6 Å². The number of allylic oxidation sites excluding steroid dienone is 1. The zero-order valence-electron chi connectivity index (χ0n) is 15.4. The molecule has 0 saturated heterocycles. The molecule has 1 N–H and O–H groups in total. The lowest BCUT2D eigenvalue weighted by molar-refractivity contribution is -0.0652. The predicted molar refractivity (Wildman–Crippen MR) is 101 cm³/mol. The molecule has 2 aromatic carbocycles. The molecule has 152 valence electrons. The van der Waals surface area contributed by atoms with Gasteiger partial charge < -0.3 is 4.74 Å². The molecule has 0 spiro atoms. The average Bonchev–Trinajstić information content (AvgIpc) is 2.63. The molecule has 2 rings (SSSR count). The number of rotatable bonds is 8. The van der Waals surface area contributed by atoms with Crippen LogP contribution in [-0.2, 0) is 0 Å². The van der Waals surface area contributed by atoms with E-state index in [1.54, 1.807) is 13.0 Å². The fraction of sp³-hybridized carbons (Fsp3) is 0.300. The van der Waals surface area contributed by atoms with Gasteiger partial charge in [-0.3, -0.25) is 10.3 Å². The molecule has 0 aromatic heterocycles. The highest BCUT2D eigenvalue weighted by Crippen LogP contribution is 2.38. The molecular weight excluding hydrogens is 398 g/mol. The number of ether oxygens (including phenoxy) is 1. The molecule has 0 heterocycles. The summed E-state index contributed by atoms with van der Waals surface area (Å²) in [4.78, 5) is 0. The smallest absolute Gasteiger partial charge is 0.258 e. The Morgan fingerprint density at radius 1 is 1.18 bits per heavy atom. The van der Waals surface area contributed by atoms with Crippen molar-refractivity contribution < 1.29 is 27.5 Å². The molecule has 0 aliphatic carbocycles. The van der Waals surface area contributed by atoms with Gasteiger partial charge in [0.25, 0.3) is 6.43 Å². The average molecular weight is 418 g/mol. The van der Waals surface area contributed by atoms with Gasteiger partial charge in [-0.2, -0.15) is 0 Å². The van der Waals surface area contributed by atoms with Gasteiger partial charge in [0.05, 0.1) is 18.4 Å². The van der Waals surface area contributed by atoms with Gasteiger partial charge in [0.1, 0.15) is 23.9 Å². The maximum Gasteiger partial charge on any atom is 0.258 e. The number of methoxy groups -OCH3 is 1. The van der Waals surface area contributed by atoms with Gasteiger partial charge in [-0.1, -0.05) is 31.0 Å². The number of nitrogens with zero attached hydrogens (tertiary/aromatic N) is 1. The Hall–Kier alpha value is -2.25. The Morgan fingerprint density at radius 3 is 2.36 bits per heavy atom. The number of halogens is 5. The van der Waals surface area contributed by atoms with E-state index in [0.717, 1.165) is 18.2 Å². The standard InChI is InChI=1S/C20H20ClF4NO2/c1-3-5-13(14-10-12(28-2)8-9-15(14)21)20(26(27)11-18(24)25)19-16(22)6-4-7-17(19)23/h4,6-10,18,27H,3,5,11H2,1-2H3/b20-13+. The van der Waals surface area contributed by atoms with Gasteiger partial charge in [-0.25, -0.2) is 17.6 Å². The Bertz CT molecular complexity index is 838. The van der Waals surface area contributed by atoms with E-state index in [-0.39, 0.29) is 22.1 Å². The van der Waals surface area contributed by atoms with Gasteiger partial charge in [-0.05, 0) is 42.3 Å². The lowest BCUT2D eigenvalue weighted by Gasteiger charge is -2.25. The SMILES string of the molecule is CCC/C(=C(/c1c(F)cccc1F)N(O)CC(F)F)c1cc(OC)ccc1Cl. The van der Waals surface area contributed by atoms with Crippen molar-refractivity contribution in [1.82, 2.24) is 5.06 Å². The minimum atomic E-state index is -2.93. The maximum atomic E-state index is 14.5. The Morgan fingerprint density at radius 2 is 1.82 bits per heavy atom. The van der Waals surface area contributed by atoms with Crippen LogP contribution in [0.2, 0.25) is 5.02 Å². The van der Waals surface area contributed by atoms with Crippen molar-refractivity contribution in [3.05, 3.63) is 64.2 Å². The van der Waals surface area contributed by atoms with Crippen LogP contribution in [0.4, 0.5) is 17.6 Å². The fourth-order valence-electron chi connectivity index (χ4n) is 2.88. The molecule has 0 bridgehead atoms.